The Bertz CT molecular complexity index is 110. The molecule has 0 amide bonds. The van der Waals surface area contributed by atoms with Gasteiger partial charge in [-0.25, -0.2) is 0 Å². The first-order valence-electron chi connectivity index (χ1n) is 1.60. The van der Waals surface area contributed by atoms with Crippen molar-refractivity contribution in [3.8, 4) is 0 Å². The van der Waals surface area contributed by atoms with Crippen molar-refractivity contribution >= 4 is 43.7 Å². The minimum atomic E-state index is -2.18. The van der Waals surface area contributed by atoms with E-state index >= 15 is 0 Å². The van der Waals surface area contributed by atoms with Crippen LogP contribution in [0.4, 0.5) is 0 Å². The molecule has 0 heterocycles. The number of rotatable bonds is 0. The van der Waals surface area contributed by atoms with E-state index in [1.54, 1.807) is 0 Å². The van der Waals surface area contributed by atoms with E-state index in [-0.39, 0.29) is 17.1 Å². The van der Waals surface area contributed by atoms with Crippen molar-refractivity contribution in [1.82, 2.24) is 0 Å². The zero-order chi connectivity index (χ0) is 10.7. The second kappa shape index (κ2) is 18.5. The molecule has 0 saturated carbocycles. The summed E-state index contributed by atoms with van der Waals surface area (Å²) in [6, 6.07) is 0. The molecule has 0 aliphatic rings. The molecule has 0 N–H and O–H groups in total. The molecule has 8 nitrogen and oxygen atoms in total. The third kappa shape index (κ3) is 3190. The van der Waals surface area contributed by atoms with Gasteiger partial charge in [0.2, 0.25) is 0 Å². The molecule has 13 heteroatoms. The van der Waals surface area contributed by atoms with Gasteiger partial charge in [0.1, 0.15) is 0 Å². The Hall–Kier alpha value is 0.673. The second-order valence-electron chi connectivity index (χ2n) is 0.639. The molecule has 0 aromatic heterocycles. The summed E-state index contributed by atoms with van der Waals surface area (Å²) in [6.07, 6.45) is 0. The van der Waals surface area contributed by atoms with Crippen LogP contribution in [0.3, 0.4) is 0 Å². The van der Waals surface area contributed by atoms with E-state index in [0.717, 1.165) is 0 Å². The molecule has 83 valence electrons. The van der Waals surface area contributed by atoms with Crippen LogP contribution in [0, 0.1) is 30.6 Å². The summed E-state index contributed by atoms with van der Waals surface area (Å²) in [7, 11) is 15.0. The fourth-order valence-electron chi connectivity index (χ4n) is 0. The average molecular weight is 503 g/mol. The summed E-state index contributed by atoms with van der Waals surface area (Å²) in [6.45, 7) is 0. The maximum Gasteiger partial charge on any atom is 2.00 e. The number of hydrogen-bond acceptors (Lipinski definition) is 6. The number of hydrogen-bond donors (Lipinski definition) is 0. The van der Waals surface area contributed by atoms with Crippen LogP contribution in [0.2, 0.25) is 0 Å². The molecule has 0 aromatic rings. The van der Waals surface area contributed by atoms with E-state index in [9.17, 15) is 0 Å². The van der Waals surface area contributed by atoms with Gasteiger partial charge in [0.05, 0.1) is 10.2 Å². The molecule has 0 saturated heterocycles. The Kier molecular flexibility index (Phi) is 33.3. The van der Waals surface area contributed by atoms with Gasteiger partial charge >= 0.3 is 60.8 Å². The van der Waals surface area contributed by atoms with Gasteiger partial charge in [-0.15, -0.1) is 0 Å². The van der Waals surface area contributed by atoms with Crippen LogP contribution >= 0.6 is 25.5 Å². The van der Waals surface area contributed by atoms with Crippen molar-refractivity contribution in [3.63, 3.8) is 0 Å². The van der Waals surface area contributed by atoms with Crippen LogP contribution < -0.4 is 0 Å². The van der Waals surface area contributed by atoms with Gasteiger partial charge in [0.25, 0.3) is 0 Å². The van der Waals surface area contributed by atoms with E-state index in [2.05, 4.69) is 0 Å². The second-order valence-corrected chi connectivity index (χ2v) is 15.6. The topological polar surface area (TPSA) is 132 Å². The van der Waals surface area contributed by atoms with Crippen molar-refractivity contribution in [3.05, 3.63) is 30.6 Å². The Morgan fingerprint density at radius 1 is 0.846 bits per heavy atom. The normalized spacial score (nSPS) is 6.46. The third-order valence-electron chi connectivity index (χ3n) is 0. The molecule has 13 heavy (non-hydrogen) atoms. The standard InChI is InChI=1S/Bi.3ClH.Cu.2NO3/c;;;;;2*2-1(3)4/h;3*1H;;;/q+3;;;;+2;2*-1/p-3. The number of halogens is 3. The Morgan fingerprint density at radius 3 is 0.846 bits per heavy atom. The Morgan fingerprint density at radius 2 is 0.846 bits per heavy atom. The quantitative estimate of drug-likeness (QED) is 0.278. The average Bonchev–Trinajstić information content (AvgIpc) is 1.54. The van der Waals surface area contributed by atoms with Crippen LogP contribution in [0.1, 0.15) is 0 Å². The molecule has 0 rings (SSSR count). The summed E-state index contributed by atoms with van der Waals surface area (Å²) in [5.74, 6) is 0. The van der Waals surface area contributed by atoms with E-state index in [4.69, 9.17) is 56.2 Å². The van der Waals surface area contributed by atoms with E-state index < -0.39 is 28.3 Å². The maximum atomic E-state index is 8.25. The van der Waals surface area contributed by atoms with Crippen molar-refractivity contribution in [2.45, 2.75) is 0 Å². The number of nitrogens with zero attached hydrogens (tertiary/aromatic N) is 2. The minimum absolute atomic E-state index is 0. The Labute approximate surface area is 101 Å². The molecule has 0 spiro atoms. The third-order valence-corrected chi connectivity index (χ3v) is 0. The van der Waals surface area contributed by atoms with Gasteiger partial charge in [-0.1, -0.05) is 0 Å². The SMILES string of the molecule is O=[N+]([O-])[O-].O=[N+]([O-])[O-].[Cl][Bi]([Cl])[Cl].[Cu+2]. The molecule has 0 aliphatic carbocycles. The first-order valence-corrected chi connectivity index (χ1v) is 14.4. The van der Waals surface area contributed by atoms with Crippen molar-refractivity contribution in [2.75, 3.05) is 0 Å². The predicted octanol–water partition coefficient (Wildman–Crippen LogP) is 1.21. The first kappa shape index (κ1) is 23.5. The molecular formula is BiCl3CuN2O6. The van der Waals surface area contributed by atoms with Gasteiger partial charge < -0.3 is 30.6 Å². The molecule has 0 aliphatic heterocycles. The largest absolute Gasteiger partial charge is 2.00 e. The monoisotopic (exact) mass is 501 g/mol. The van der Waals surface area contributed by atoms with Crippen LogP contribution in [-0.4, -0.2) is 28.3 Å². The summed E-state index contributed by atoms with van der Waals surface area (Å²) >= 11 is -2.18. The molecule has 0 unspecified atom stereocenters. The molecule has 1 radical (unpaired) electrons. The molecule has 0 aromatic carbocycles. The maximum absolute atomic E-state index is 8.25. The van der Waals surface area contributed by atoms with Crippen LogP contribution in [0.15, 0.2) is 0 Å². The fourth-order valence-corrected chi connectivity index (χ4v) is 0. The van der Waals surface area contributed by atoms with Gasteiger partial charge in [-0.2, -0.15) is 0 Å². The zero-order valence-corrected chi connectivity index (χ0v) is 11.9. The van der Waals surface area contributed by atoms with Gasteiger partial charge in [-0.3, -0.25) is 0 Å². The van der Waals surface area contributed by atoms with Crippen LogP contribution in [-0.2, 0) is 17.1 Å². The van der Waals surface area contributed by atoms with Crippen LogP contribution in [0.5, 0.6) is 0 Å². The summed E-state index contributed by atoms with van der Waals surface area (Å²) in [5, 5.41) is 29.5. The predicted molar refractivity (Wildman–Crippen MR) is 44.0 cm³/mol. The fraction of sp³-hybridized carbons (Fsp3) is 0. The van der Waals surface area contributed by atoms with Crippen molar-refractivity contribution in [2.24, 2.45) is 0 Å². The van der Waals surface area contributed by atoms with Gasteiger partial charge in [-0.05, 0) is 0 Å². The van der Waals surface area contributed by atoms with Crippen molar-refractivity contribution in [1.29, 1.82) is 0 Å². The Balaban J connectivity index is -0.0000000450. The first-order chi connectivity index (χ1) is 5.20. The summed E-state index contributed by atoms with van der Waals surface area (Å²) in [4.78, 5) is 16.5. The van der Waals surface area contributed by atoms with Gasteiger partial charge in [0.15, 0.2) is 0 Å². The van der Waals surface area contributed by atoms with Crippen LogP contribution in [0.25, 0.3) is 0 Å². The molecule has 0 atom stereocenters. The van der Waals surface area contributed by atoms with E-state index in [1.807, 2.05) is 0 Å². The smallest absolute Gasteiger partial charge is 2.00 e. The minimum Gasteiger partial charge on any atom is 2.00 e. The van der Waals surface area contributed by atoms with E-state index in [0.29, 0.717) is 0 Å². The summed E-state index contributed by atoms with van der Waals surface area (Å²) in [5.41, 5.74) is 0. The molecule has 0 bridgehead atoms. The summed E-state index contributed by atoms with van der Waals surface area (Å²) < 4.78 is 0. The molecular weight excluding hydrogens is 503 g/mol. The van der Waals surface area contributed by atoms with E-state index in [1.165, 1.54) is 0 Å². The molecule has 0 fully saturated rings. The van der Waals surface area contributed by atoms with Gasteiger partial charge in [0, 0.05) is 0 Å². The van der Waals surface area contributed by atoms with Crippen molar-refractivity contribution < 1.29 is 27.2 Å². The zero-order valence-electron chi connectivity index (χ0n) is 5.23.